The minimum Gasteiger partial charge on any atom is -0.495 e. The highest BCUT2D eigenvalue weighted by Gasteiger charge is 2.30. The molecule has 1 aromatic rings. The molecule has 1 aliphatic heterocycles. The van der Waals surface area contributed by atoms with Crippen molar-refractivity contribution in [2.75, 3.05) is 27.4 Å². The second kappa shape index (κ2) is 13.9. The van der Waals surface area contributed by atoms with Gasteiger partial charge in [0, 0.05) is 18.7 Å². The van der Waals surface area contributed by atoms with Crippen LogP contribution in [0.2, 0.25) is 0 Å². The van der Waals surface area contributed by atoms with Crippen LogP contribution in [0.3, 0.4) is 0 Å². The van der Waals surface area contributed by atoms with Gasteiger partial charge in [-0.05, 0) is 13.3 Å². The topological polar surface area (TPSA) is 63.2 Å². The summed E-state index contributed by atoms with van der Waals surface area (Å²) in [5.41, 5.74) is 0.687. The van der Waals surface area contributed by atoms with Gasteiger partial charge >= 0.3 is 0 Å². The fourth-order valence-corrected chi connectivity index (χ4v) is 3.82. The van der Waals surface area contributed by atoms with Gasteiger partial charge in [-0.15, -0.1) is 0 Å². The molecule has 1 N–H and O–H groups in total. The van der Waals surface area contributed by atoms with E-state index in [0.29, 0.717) is 24.0 Å². The summed E-state index contributed by atoms with van der Waals surface area (Å²) in [4.78, 5) is 19.2. The highest BCUT2D eigenvalue weighted by atomic mass is 16.5. The number of carbonyl (C=O) groups is 1. The molecular weight excluding hydrogens is 390 g/mol. The van der Waals surface area contributed by atoms with E-state index in [9.17, 15) is 4.79 Å². The van der Waals surface area contributed by atoms with E-state index in [1.165, 1.54) is 38.5 Å². The number of nitrogens with one attached hydrogen (secondary N) is 1. The maximum Gasteiger partial charge on any atom is 0.182 e. The number of benzene rings is 1. The number of unbranched alkanes of at least 4 members (excludes halogenated alkanes) is 5. The Bertz CT molecular complexity index is 718. The van der Waals surface area contributed by atoms with Gasteiger partial charge in [0.15, 0.2) is 17.4 Å². The number of hydrogen-bond donors (Lipinski definition) is 1. The Balaban J connectivity index is 1.98. The number of ketones is 1. The van der Waals surface area contributed by atoms with Crippen molar-refractivity contribution in [2.45, 2.75) is 70.9 Å². The Kier molecular flexibility index (Phi) is 11.1. The summed E-state index contributed by atoms with van der Waals surface area (Å²) in [5.74, 6) is 1.47. The van der Waals surface area contributed by atoms with Crippen LogP contribution in [0.4, 0.5) is 0 Å². The molecule has 0 spiro atoms. The average Bonchev–Trinajstić information content (AvgIpc) is 2.78. The third-order valence-corrected chi connectivity index (χ3v) is 5.61. The molecule has 0 radical (unpaired) electrons. The van der Waals surface area contributed by atoms with Crippen LogP contribution >= 0.6 is 0 Å². The van der Waals surface area contributed by atoms with Gasteiger partial charge in [-0.3, -0.25) is 4.79 Å². The van der Waals surface area contributed by atoms with Crippen LogP contribution in [-0.2, 0) is 9.47 Å². The zero-order valence-electron chi connectivity index (χ0n) is 19.6. The van der Waals surface area contributed by atoms with Crippen molar-refractivity contribution < 1.29 is 14.3 Å². The Hall–Kier alpha value is -2.34. The first-order chi connectivity index (χ1) is 15.1. The molecule has 0 amide bonds. The number of ether oxygens (including phenoxy) is 2. The Morgan fingerprint density at radius 1 is 1.13 bits per heavy atom. The lowest BCUT2D eigenvalue weighted by molar-refractivity contribution is 0.0840. The summed E-state index contributed by atoms with van der Waals surface area (Å²) in [6.07, 6.45) is 10.5. The smallest absolute Gasteiger partial charge is 0.182 e. The van der Waals surface area contributed by atoms with Gasteiger partial charge in [0.1, 0.15) is 6.04 Å². The van der Waals surface area contributed by atoms with Crippen LogP contribution in [0.15, 0.2) is 46.9 Å². The minimum absolute atomic E-state index is 0.0384. The lowest BCUT2D eigenvalue weighted by Gasteiger charge is -2.34. The van der Waals surface area contributed by atoms with Crippen molar-refractivity contribution in [3.63, 3.8) is 0 Å². The summed E-state index contributed by atoms with van der Waals surface area (Å²) in [6, 6.07) is 9.41. The van der Waals surface area contributed by atoms with Crippen molar-refractivity contribution in [1.29, 1.82) is 0 Å². The van der Waals surface area contributed by atoms with E-state index in [1.807, 2.05) is 35.2 Å². The van der Waals surface area contributed by atoms with Crippen LogP contribution in [0.25, 0.3) is 0 Å². The number of Topliss-reactive ketones (excluding diaryl/α,β-unsaturated/α-hetero) is 1. The molecule has 1 aliphatic rings. The summed E-state index contributed by atoms with van der Waals surface area (Å²) in [5, 5.41) is 3.51. The van der Waals surface area contributed by atoms with Crippen molar-refractivity contribution >= 4 is 12.1 Å². The van der Waals surface area contributed by atoms with Crippen LogP contribution < -0.4 is 5.32 Å². The van der Waals surface area contributed by atoms with E-state index in [2.05, 4.69) is 24.2 Å². The normalized spacial score (nSPS) is 17.0. The first-order valence-corrected chi connectivity index (χ1v) is 11.5. The number of methoxy groups -OCH3 is 2. The first kappa shape index (κ1) is 24.9. The van der Waals surface area contributed by atoms with Gasteiger partial charge in [-0.2, -0.15) is 0 Å². The van der Waals surface area contributed by atoms with Crippen LogP contribution in [-0.4, -0.2) is 56.5 Å². The Morgan fingerprint density at radius 2 is 1.84 bits per heavy atom. The molecular formula is C25H39N3O3. The molecule has 0 aliphatic carbocycles. The van der Waals surface area contributed by atoms with Crippen LogP contribution in [0.5, 0.6) is 0 Å². The summed E-state index contributed by atoms with van der Waals surface area (Å²) >= 11 is 0. The maximum absolute atomic E-state index is 12.7. The van der Waals surface area contributed by atoms with Gasteiger partial charge in [-0.1, -0.05) is 75.8 Å². The molecule has 2 atom stereocenters. The molecule has 2 unspecified atom stereocenters. The third kappa shape index (κ3) is 8.02. The zero-order valence-corrected chi connectivity index (χ0v) is 19.6. The van der Waals surface area contributed by atoms with Crippen molar-refractivity contribution in [1.82, 2.24) is 10.2 Å². The highest BCUT2D eigenvalue weighted by molar-refractivity contribution is 5.98. The van der Waals surface area contributed by atoms with E-state index in [-0.39, 0.29) is 18.4 Å². The molecule has 6 heteroatoms. The largest absolute Gasteiger partial charge is 0.495 e. The third-order valence-electron chi connectivity index (χ3n) is 5.61. The lowest BCUT2D eigenvalue weighted by Crippen LogP contribution is -2.46. The summed E-state index contributed by atoms with van der Waals surface area (Å²) in [6.45, 7) is 5.05. The fraction of sp³-hybridized carbons (Fsp3) is 0.600. The van der Waals surface area contributed by atoms with E-state index < -0.39 is 0 Å². The fourth-order valence-electron chi connectivity index (χ4n) is 3.82. The van der Waals surface area contributed by atoms with E-state index >= 15 is 0 Å². The van der Waals surface area contributed by atoms with E-state index in [0.717, 1.165) is 12.2 Å². The SMILES string of the molecule is CCCCCCCCC(C)NC1=C(OC)C(COC)N(CC(=O)c2ccccc2)C=N1. The second-order valence-electron chi connectivity index (χ2n) is 8.20. The van der Waals surface area contributed by atoms with E-state index in [1.54, 1.807) is 20.6 Å². The number of aliphatic imine (C=N–C) groups is 1. The predicted octanol–water partition coefficient (Wildman–Crippen LogP) is 4.77. The van der Waals surface area contributed by atoms with Gasteiger partial charge in [0.25, 0.3) is 0 Å². The minimum atomic E-state index is -0.205. The van der Waals surface area contributed by atoms with Gasteiger partial charge in [-0.25, -0.2) is 4.99 Å². The molecule has 31 heavy (non-hydrogen) atoms. The highest BCUT2D eigenvalue weighted by Crippen LogP contribution is 2.21. The van der Waals surface area contributed by atoms with E-state index in [4.69, 9.17) is 9.47 Å². The maximum atomic E-state index is 12.7. The molecule has 0 bridgehead atoms. The molecule has 0 fully saturated rings. The van der Waals surface area contributed by atoms with Crippen LogP contribution in [0, 0.1) is 0 Å². The lowest BCUT2D eigenvalue weighted by atomic mass is 10.1. The quantitative estimate of drug-likeness (QED) is 0.321. The molecule has 0 saturated heterocycles. The number of rotatable bonds is 15. The predicted molar refractivity (Wildman–Crippen MR) is 126 cm³/mol. The first-order valence-electron chi connectivity index (χ1n) is 11.5. The number of nitrogens with zero attached hydrogens (tertiary/aromatic N) is 2. The van der Waals surface area contributed by atoms with Crippen molar-refractivity contribution in [2.24, 2.45) is 4.99 Å². The van der Waals surface area contributed by atoms with Gasteiger partial charge in [0.05, 0.1) is 26.6 Å². The molecule has 6 nitrogen and oxygen atoms in total. The summed E-state index contributed by atoms with van der Waals surface area (Å²) in [7, 11) is 3.31. The molecule has 172 valence electrons. The van der Waals surface area contributed by atoms with Gasteiger partial charge in [0.2, 0.25) is 0 Å². The van der Waals surface area contributed by atoms with Crippen molar-refractivity contribution in [3.8, 4) is 0 Å². The number of hydrogen-bond acceptors (Lipinski definition) is 6. The molecule has 1 heterocycles. The van der Waals surface area contributed by atoms with Gasteiger partial charge < -0.3 is 19.7 Å². The standard InChI is InChI=1S/C25H39N3O3/c1-5-6-7-8-9-11-14-20(2)27-25-24(31-4)22(18-30-3)28(19-26-25)17-23(29)21-15-12-10-13-16-21/h10,12-13,15-16,19-20,22,27H,5-9,11,14,17-18H2,1-4H3. The molecule has 2 rings (SSSR count). The molecule has 1 aromatic carbocycles. The number of carbonyl (C=O) groups excluding carboxylic acids is 1. The average molecular weight is 430 g/mol. The summed E-state index contributed by atoms with van der Waals surface area (Å²) < 4.78 is 11.2. The molecule has 0 saturated carbocycles. The Labute approximate surface area is 187 Å². The second-order valence-corrected chi connectivity index (χ2v) is 8.20. The molecule has 0 aromatic heterocycles. The van der Waals surface area contributed by atoms with Crippen molar-refractivity contribution in [3.05, 3.63) is 47.5 Å². The Morgan fingerprint density at radius 3 is 2.52 bits per heavy atom. The van der Waals surface area contributed by atoms with Crippen LogP contribution in [0.1, 0.15) is 69.2 Å². The zero-order chi connectivity index (χ0) is 22.5. The monoisotopic (exact) mass is 429 g/mol.